The minimum Gasteiger partial charge on any atom is -0.378 e. The maximum atomic E-state index is 5.85. The van der Waals surface area contributed by atoms with E-state index in [0.29, 0.717) is 6.04 Å². The molecule has 1 aliphatic rings. The molecule has 1 aliphatic carbocycles. The van der Waals surface area contributed by atoms with Gasteiger partial charge in [0.05, 0.1) is 5.60 Å². The molecule has 1 atom stereocenters. The molecule has 1 N–H and O–H groups in total. The number of aryl methyl sites for hydroxylation is 2. The molecule has 2 rings (SSSR count). The first kappa shape index (κ1) is 17.0. The van der Waals surface area contributed by atoms with Gasteiger partial charge in [-0.05, 0) is 75.3 Å². The zero-order valence-electron chi connectivity index (χ0n) is 13.8. The molecule has 0 spiro atoms. The van der Waals surface area contributed by atoms with E-state index in [4.69, 9.17) is 4.74 Å². The highest BCUT2D eigenvalue weighted by Crippen LogP contribution is 2.42. The Kier molecular flexibility index (Phi) is 5.87. The predicted octanol–water partition coefficient (Wildman–Crippen LogP) is 5.07. The van der Waals surface area contributed by atoms with E-state index in [9.17, 15) is 0 Å². The van der Waals surface area contributed by atoms with Crippen LogP contribution in [0.15, 0.2) is 16.6 Å². The van der Waals surface area contributed by atoms with Crippen molar-refractivity contribution in [2.45, 2.75) is 64.5 Å². The molecular formula is C18H28BrNO. The second-order valence-corrected chi connectivity index (χ2v) is 7.26. The maximum absolute atomic E-state index is 5.85. The Balaban J connectivity index is 2.25. The highest BCUT2D eigenvalue weighted by molar-refractivity contribution is 9.10. The summed E-state index contributed by atoms with van der Waals surface area (Å²) in [5.41, 5.74) is 4.18. The molecule has 0 aromatic heterocycles. The van der Waals surface area contributed by atoms with Gasteiger partial charge in [-0.15, -0.1) is 0 Å². The summed E-state index contributed by atoms with van der Waals surface area (Å²) in [5.74, 6) is 0. The smallest absolute Gasteiger partial charge is 0.0697 e. The van der Waals surface area contributed by atoms with Crippen LogP contribution >= 0.6 is 15.9 Å². The Labute approximate surface area is 137 Å². The average molecular weight is 354 g/mol. The quantitative estimate of drug-likeness (QED) is 0.738. The molecule has 2 nitrogen and oxygen atoms in total. The Morgan fingerprint density at radius 3 is 2.52 bits per heavy atom. The first-order valence-electron chi connectivity index (χ1n) is 8.06. The van der Waals surface area contributed by atoms with Gasteiger partial charge in [0.25, 0.3) is 0 Å². The first-order chi connectivity index (χ1) is 10.0. The van der Waals surface area contributed by atoms with Crippen molar-refractivity contribution in [3.05, 3.63) is 33.3 Å². The number of nitrogens with one attached hydrogen (secondary N) is 1. The van der Waals surface area contributed by atoms with Crippen molar-refractivity contribution in [1.82, 2.24) is 5.32 Å². The van der Waals surface area contributed by atoms with Crippen molar-refractivity contribution in [2.24, 2.45) is 0 Å². The van der Waals surface area contributed by atoms with E-state index in [2.05, 4.69) is 54.2 Å². The lowest BCUT2D eigenvalue weighted by molar-refractivity contribution is -0.0838. The van der Waals surface area contributed by atoms with Crippen molar-refractivity contribution < 1.29 is 4.74 Å². The molecule has 0 aliphatic heterocycles. The third-order valence-corrected chi connectivity index (χ3v) is 5.69. The number of rotatable bonds is 7. The summed E-state index contributed by atoms with van der Waals surface area (Å²) in [7, 11) is 1.87. The second-order valence-electron chi connectivity index (χ2n) is 6.41. The fraction of sp³-hybridized carbons (Fsp3) is 0.667. The highest BCUT2D eigenvalue weighted by atomic mass is 79.9. The van der Waals surface area contributed by atoms with Crippen LogP contribution in [-0.4, -0.2) is 19.3 Å². The molecule has 0 amide bonds. The molecule has 1 saturated carbocycles. The van der Waals surface area contributed by atoms with Gasteiger partial charge >= 0.3 is 0 Å². The van der Waals surface area contributed by atoms with Gasteiger partial charge < -0.3 is 10.1 Å². The van der Waals surface area contributed by atoms with Crippen molar-refractivity contribution in [2.75, 3.05) is 13.7 Å². The Morgan fingerprint density at radius 1 is 1.29 bits per heavy atom. The number of hydrogen-bond acceptors (Lipinski definition) is 2. The third-order valence-electron chi connectivity index (χ3n) is 4.84. The molecule has 1 unspecified atom stereocenters. The number of benzene rings is 1. The molecule has 0 saturated heterocycles. The first-order valence-corrected chi connectivity index (χ1v) is 8.86. The lowest BCUT2D eigenvalue weighted by atomic mass is 9.74. The standard InChI is InChI=1S/C18H28BrNO/c1-5-9-20-17(12-18(21-4)7-6-8-18)15-10-14(3)16(19)11-13(15)2/h10-11,17,20H,5-9,12H2,1-4H3. The monoisotopic (exact) mass is 353 g/mol. The molecule has 1 aromatic rings. The summed E-state index contributed by atoms with van der Waals surface area (Å²) in [4.78, 5) is 0. The minimum absolute atomic E-state index is 0.0961. The van der Waals surface area contributed by atoms with Crippen LogP contribution in [0.1, 0.15) is 61.8 Å². The number of hydrogen-bond donors (Lipinski definition) is 1. The molecule has 0 heterocycles. The van der Waals surface area contributed by atoms with E-state index >= 15 is 0 Å². The van der Waals surface area contributed by atoms with Gasteiger partial charge in [-0.1, -0.05) is 28.9 Å². The lowest BCUT2D eigenvalue weighted by Gasteiger charge is -2.43. The summed E-state index contributed by atoms with van der Waals surface area (Å²) in [5, 5.41) is 3.74. The Bertz CT molecular complexity index is 477. The summed E-state index contributed by atoms with van der Waals surface area (Å²) in [6.45, 7) is 7.65. The molecular weight excluding hydrogens is 326 g/mol. The second kappa shape index (κ2) is 7.26. The maximum Gasteiger partial charge on any atom is 0.0697 e. The van der Waals surface area contributed by atoms with Crippen LogP contribution in [0, 0.1) is 13.8 Å². The Morgan fingerprint density at radius 2 is 2.00 bits per heavy atom. The van der Waals surface area contributed by atoms with Crippen LogP contribution in [0.25, 0.3) is 0 Å². The molecule has 21 heavy (non-hydrogen) atoms. The molecule has 0 radical (unpaired) electrons. The van der Waals surface area contributed by atoms with Gasteiger partial charge in [-0.3, -0.25) is 0 Å². The van der Waals surface area contributed by atoms with Gasteiger partial charge in [-0.2, -0.15) is 0 Å². The summed E-state index contributed by atoms with van der Waals surface area (Å²) >= 11 is 3.64. The normalized spacial score (nSPS) is 18.3. The fourth-order valence-electron chi connectivity index (χ4n) is 3.22. The van der Waals surface area contributed by atoms with E-state index in [1.807, 2.05) is 7.11 Å². The number of ether oxygens (including phenoxy) is 1. The zero-order valence-corrected chi connectivity index (χ0v) is 15.3. The SMILES string of the molecule is CCCNC(CC1(OC)CCC1)c1cc(C)c(Br)cc1C. The third kappa shape index (κ3) is 3.88. The topological polar surface area (TPSA) is 21.3 Å². The summed E-state index contributed by atoms with van der Waals surface area (Å²) < 4.78 is 7.05. The zero-order chi connectivity index (χ0) is 15.5. The van der Waals surface area contributed by atoms with E-state index in [-0.39, 0.29) is 5.60 Å². The largest absolute Gasteiger partial charge is 0.378 e. The van der Waals surface area contributed by atoms with Crippen molar-refractivity contribution in [1.29, 1.82) is 0 Å². The van der Waals surface area contributed by atoms with Gasteiger partial charge in [0.2, 0.25) is 0 Å². The van der Waals surface area contributed by atoms with Crippen LogP contribution in [-0.2, 0) is 4.74 Å². The average Bonchev–Trinajstić information content (AvgIpc) is 2.42. The van der Waals surface area contributed by atoms with E-state index in [1.165, 1.54) is 40.4 Å². The van der Waals surface area contributed by atoms with Crippen LogP contribution in [0.2, 0.25) is 0 Å². The van der Waals surface area contributed by atoms with E-state index in [1.54, 1.807) is 0 Å². The fourth-order valence-corrected chi connectivity index (χ4v) is 3.68. The molecule has 1 fully saturated rings. The van der Waals surface area contributed by atoms with Gasteiger partial charge in [0, 0.05) is 17.6 Å². The molecule has 1 aromatic carbocycles. The van der Waals surface area contributed by atoms with Gasteiger partial charge in [-0.25, -0.2) is 0 Å². The van der Waals surface area contributed by atoms with Gasteiger partial charge in [0.15, 0.2) is 0 Å². The summed E-state index contributed by atoms with van der Waals surface area (Å²) in [6, 6.07) is 4.96. The van der Waals surface area contributed by atoms with Gasteiger partial charge in [0.1, 0.15) is 0 Å². The summed E-state index contributed by atoms with van der Waals surface area (Å²) in [6.07, 6.45) is 5.92. The van der Waals surface area contributed by atoms with Crippen molar-refractivity contribution in [3.8, 4) is 0 Å². The van der Waals surface area contributed by atoms with Crippen LogP contribution in [0.3, 0.4) is 0 Å². The minimum atomic E-state index is 0.0961. The van der Waals surface area contributed by atoms with Crippen molar-refractivity contribution in [3.63, 3.8) is 0 Å². The lowest BCUT2D eigenvalue weighted by Crippen LogP contribution is -2.43. The molecule has 3 heteroatoms. The predicted molar refractivity (Wildman–Crippen MR) is 92.9 cm³/mol. The highest BCUT2D eigenvalue weighted by Gasteiger charge is 2.39. The molecule has 118 valence electrons. The van der Waals surface area contributed by atoms with Crippen LogP contribution in [0.5, 0.6) is 0 Å². The number of halogens is 1. The van der Waals surface area contributed by atoms with Crippen LogP contribution in [0.4, 0.5) is 0 Å². The van der Waals surface area contributed by atoms with E-state index in [0.717, 1.165) is 19.4 Å². The Hall–Kier alpha value is -0.380. The van der Waals surface area contributed by atoms with Crippen molar-refractivity contribution >= 4 is 15.9 Å². The van der Waals surface area contributed by atoms with E-state index < -0.39 is 0 Å². The van der Waals surface area contributed by atoms with Crippen LogP contribution < -0.4 is 5.32 Å². The number of methoxy groups -OCH3 is 1. The molecule has 0 bridgehead atoms.